The van der Waals surface area contributed by atoms with Gasteiger partial charge in [-0.3, -0.25) is 0 Å². The van der Waals surface area contributed by atoms with Gasteiger partial charge in [-0.05, 0) is 60.5 Å². The van der Waals surface area contributed by atoms with Gasteiger partial charge in [-0.25, -0.2) is 15.0 Å². The number of allylic oxidation sites excluding steroid dienone is 1. The first-order chi connectivity index (χ1) is 28.7. The summed E-state index contributed by atoms with van der Waals surface area (Å²) >= 11 is 0. The van der Waals surface area contributed by atoms with E-state index >= 15 is 0 Å². The highest BCUT2D eigenvalue weighted by Gasteiger charge is 2.23. The quantitative estimate of drug-likeness (QED) is 0.162. The first-order valence-electron chi connectivity index (χ1n) is 19.3. The molecular formula is C52H34N4O2. The van der Waals surface area contributed by atoms with Gasteiger partial charge in [0, 0.05) is 60.9 Å². The highest BCUT2D eigenvalue weighted by Crippen LogP contribution is 2.45. The topological polar surface area (TPSA) is 69.9 Å². The van der Waals surface area contributed by atoms with Gasteiger partial charge in [0.25, 0.3) is 0 Å². The van der Waals surface area contributed by atoms with Crippen molar-refractivity contribution >= 4 is 66.9 Å². The lowest BCUT2D eigenvalue weighted by atomic mass is 9.94. The summed E-state index contributed by atoms with van der Waals surface area (Å²) in [5.74, 6) is 1.79. The molecule has 0 saturated carbocycles. The van der Waals surface area contributed by atoms with Crippen molar-refractivity contribution in [3.05, 3.63) is 182 Å². The Kier molecular flexibility index (Phi) is 7.76. The number of hydrogen-bond donors (Lipinski definition) is 0. The molecule has 7 aromatic carbocycles. The van der Waals surface area contributed by atoms with Crippen molar-refractivity contribution in [1.82, 2.24) is 19.5 Å². The lowest BCUT2D eigenvalue weighted by molar-refractivity contribution is 0.668. The molecule has 11 aromatic rings. The first-order valence-corrected chi connectivity index (χ1v) is 19.3. The van der Waals surface area contributed by atoms with E-state index in [1.54, 1.807) is 0 Å². The van der Waals surface area contributed by atoms with Crippen molar-refractivity contribution in [1.29, 1.82) is 0 Å². The van der Waals surface area contributed by atoms with E-state index in [1.807, 2.05) is 97.9 Å². The molecule has 0 N–H and O–H groups in total. The number of furan rings is 2. The van der Waals surface area contributed by atoms with E-state index in [1.165, 1.54) is 5.39 Å². The highest BCUT2D eigenvalue weighted by molar-refractivity contribution is 6.22. The maximum absolute atomic E-state index is 6.70. The molecule has 0 radical (unpaired) electrons. The molecule has 0 unspecified atom stereocenters. The smallest absolute Gasteiger partial charge is 0.164 e. The lowest BCUT2D eigenvalue weighted by Crippen LogP contribution is -2.00. The standard InChI is InChI=1S/C52H34N4O2/c1-3-16-35-36-21-11-12-25-42(36)56(41(35)4-2)34-29-30-39-46(31-34)58-43-26-13-22-37(47(39)43)38-23-14-27-44-48(38)49-40(24-15-28-45(49)57-44)52-54-50(32-17-7-5-8-18-32)53-51(55-52)33-19-9-6-10-20-33/h3-31H,2H2,1H3/b16-3-. The third kappa shape index (κ3) is 5.23. The van der Waals surface area contributed by atoms with Crippen LogP contribution in [0.1, 0.15) is 18.2 Å². The van der Waals surface area contributed by atoms with Gasteiger partial charge in [-0.1, -0.05) is 134 Å². The van der Waals surface area contributed by atoms with E-state index in [2.05, 4.69) is 96.1 Å². The summed E-state index contributed by atoms with van der Waals surface area (Å²) in [4.78, 5) is 15.2. The van der Waals surface area contributed by atoms with Crippen LogP contribution in [0.2, 0.25) is 0 Å². The normalized spacial score (nSPS) is 11.9. The molecule has 0 bridgehead atoms. The zero-order valence-electron chi connectivity index (χ0n) is 31.6. The summed E-state index contributed by atoms with van der Waals surface area (Å²) in [6.07, 6.45) is 6.16. The van der Waals surface area contributed by atoms with Crippen molar-refractivity contribution in [2.75, 3.05) is 0 Å². The zero-order valence-corrected chi connectivity index (χ0v) is 31.6. The van der Waals surface area contributed by atoms with Gasteiger partial charge in [-0.15, -0.1) is 0 Å². The summed E-state index contributed by atoms with van der Waals surface area (Å²) in [7, 11) is 0. The molecular weight excluding hydrogens is 713 g/mol. The fraction of sp³-hybridized carbons (Fsp3) is 0.0192. The van der Waals surface area contributed by atoms with Crippen LogP contribution in [-0.2, 0) is 0 Å². The molecule has 11 rings (SSSR count). The molecule has 0 aliphatic carbocycles. The van der Waals surface area contributed by atoms with Gasteiger partial charge >= 0.3 is 0 Å². The molecule has 58 heavy (non-hydrogen) atoms. The van der Waals surface area contributed by atoms with Crippen molar-refractivity contribution in [3.63, 3.8) is 0 Å². The Balaban J connectivity index is 1.13. The summed E-state index contributed by atoms with van der Waals surface area (Å²) in [5.41, 5.74) is 12.2. The molecule has 0 aliphatic rings. The Morgan fingerprint density at radius 3 is 1.71 bits per heavy atom. The van der Waals surface area contributed by atoms with E-state index in [-0.39, 0.29) is 0 Å². The number of rotatable bonds is 7. The molecule has 6 heteroatoms. The van der Waals surface area contributed by atoms with E-state index in [9.17, 15) is 0 Å². The van der Waals surface area contributed by atoms with E-state index in [4.69, 9.17) is 23.8 Å². The van der Waals surface area contributed by atoms with E-state index in [0.29, 0.717) is 17.5 Å². The van der Waals surface area contributed by atoms with Crippen molar-refractivity contribution in [2.45, 2.75) is 6.92 Å². The highest BCUT2D eigenvalue weighted by atomic mass is 16.3. The second-order valence-corrected chi connectivity index (χ2v) is 14.3. The number of fused-ring (bicyclic) bond motifs is 7. The Morgan fingerprint density at radius 2 is 1.05 bits per heavy atom. The van der Waals surface area contributed by atoms with Crippen LogP contribution in [0.25, 0.3) is 118 Å². The zero-order chi connectivity index (χ0) is 38.7. The van der Waals surface area contributed by atoms with Crippen molar-refractivity contribution in [3.8, 4) is 51.0 Å². The minimum Gasteiger partial charge on any atom is -0.456 e. The lowest BCUT2D eigenvalue weighted by Gasteiger charge is -2.10. The molecule has 4 heterocycles. The second-order valence-electron chi connectivity index (χ2n) is 14.3. The molecule has 274 valence electrons. The molecule has 0 aliphatic heterocycles. The largest absolute Gasteiger partial charge is 0.456 e. The SMILES string of the molecule is C=Cc1c(/C=C\C)c2ccccc2n1-c1ccc2c(c1)oc1cccc(-c3cccc4oc5cccc(-c6nc(-c7ccccc7)nc(-c7ccccc7)n6)c5c34)c12. The van der Waals surface area contributed by atoms with Gasteiger partial charge in [-0.2, -0.15) is 0 Å². The number of nitrogens with zero attached hydrogens (tertiary/aromatic N) is 4. The van der Waals surface area contributed by atoms with E-state index in [0.717, 1.165) is 94.2 Å². The predicted molar refractivity (Wildman–Crippen MR) is 238 cm³/mol. The maximum atomic E-state index is 6.70. The molecule has 4 aromatic heterocycles. The van der Waals surface area contributed by atoms with Crippen molar-refractivity contribution in [2.24, 2.45) is 0 Å². The molecule has 0 atom stereocenters. The van der Waals surface area contributed by atoms with Crippen LogP contribution in [-0.4, -0.2) is 19.5 Å². The van der Waals surface area contributed by atoms with Crippen LogP contribution in [0, 0.1) is 0 Å². The average Bonchev–Trinajstić information content (AvgIpc) is 3.96. The minimum atomic E-state index is 0.573. The first kappa shape index (κ1) is 33.5. The van der Waals surface area contributed by atoms with Gasteiger partial charge in [0.1, 0.15) is 22.3 Å². The third-order valence-corrected chi connectivity index (χ3v) is 11.0. The fourth-order valence-corrected chi connectivity index (χ4v) is 8.49. The summed E-state index contributed by atoms with van der Waals surface area (Å²) in [5, 5.41) is 5.17. The summed E-state index contributed by atoms with van der Waals surface area (Å²) in [6.45, 7) is 6.25. The Bertz CT molecular complexity index is 3370. The molecule has 0 spiro atoms. The van der Waals surface area contributed by atoms with Crippen LogP contribution in [0.3, 0.4) is 0 Å². The average molecular weight is 747 g/mol. The number of benzene rings is 7. The number of para-hydroxylation sites is 1. The predicted octanol–water partition coefficient (Wildman–Crippen LogP) is 14.0. The minimum absolute atomic E-state index is 0.573. The van der Waals surface area contributed by atoms with Gasteiger partial charge in [0.15, 0.2) is 17.5 Å². The monoisotopic (exact) mass is 746 g/mol. The van der Waals surface area contributed by atoms with Gasteiger partial charge in [0.2, 0.25) is 0 Å². The molecule has 0 fully saturated rings. The molecule has 6 nitrogen and oxygen atoms in total. The van der Waals surface area contributed by atoms with Crippen LogP contribution in [0.5, 0.6) is 0 Å². The fourth-order valence-electron chi connectivity index (χ4n) is 8.49. The van der Waals surface area contributed by atoms with E-state index < -0.39 is 0 Å². The van der Waals surface area contributed by atoms with Crippen LogP contribution in [0.15, 0.2) is 179 Å². The molecule has 0 saturated heterocycles. The van der Waals surface area contributed by atoms with Gasteiger partial charge in [0.05, 0.1) is 11.2 Å². The van der Waals surface area contributed by atoms with Crippen molar-refractivity contribution < 1.29 is 8.83 Å². The maximum Gasteiger partial charge on any atom is 0.164 e. The van der Waals surface area contributed by atoms with Crippen LogP contribution >= 0.6 is 0 Å². The summed E-state index contributed by atoms with van der Waals surface area (Å²) in [6, 6.07) is 53.7. The second kappa shape index (κ2) is 13.4. The van der Waals surface area contributed by atoms with Gasteiger partial charge < -0.3 is 13.4 Å². The van der Waals surface area contributed by atoms with Crippen LogP contribution < -0.4 is 0 Å². The van der Waals surface area contributed by atoms with Crippen LogP contribution in [0.4, 0.5) is 0 Å². The number of aromatic nitrogens is 4. The Morgan fingerprint density at radius 1 is 0.500 bits per heavy atom. The Hall–Kier alpha value is -7.83. The molecule has 0 amide bonds. The Labute approximate surface area is 333 Å². The third-order valence-electron chi connectivity index (χ3n) is 11.0. The summed E-state index contributed by atoms with van der Waals surface area (Å²) < 4.78 is 15.6. The number of hydrogen-bond acceptors (Lipinski definition) is 5.